The predicted octanol–water partition coefficient (Wildman–Crippen LogP) is 8.80. The van der Waals surface area contributed by atoms with Crippen molar-refractivity contribution in [1.29, 1.82) is 0 Å². The van der Waals surface area contributed by atoms with E-state index in [9.17, 15) is 15.0 Å². The molecule has 208 valence electrons. The molecule has 2 N–H and O–H groups in total. The van der Waals surface area contributed by atoms with E-state index in [0.29, 0.717) is 17.2 Å². The molecule has 0 aliphatic carbocycles. The lowest BCUT2D eigenvalue weighted by Crippen LogP contribution is -2.18. The molecule has 0 saturated heterocycles. The van der Waals surface area contributed by atoms with E-state index in [-0.39, 0.29) is 11.2 Å². The summed E-state index contributed by atoms with van der Waals surface area (Å²) in [5.41, 5.74) is 5.03. The second kappa shape index (κ2) is 13.5. The summed E-state index contributed by atoms with van der Waals surface area (Å²) in [6, 6.07) is 26.2. The molecule has 40 heavy (non-hydrogen) atoms. The lowest BCUT2D eigenvalue weighted by Gasteiger charge is -2.24. The van der Waals surface area contributed by atoms with Crippen LogP contribution in [-0.4, -0.2) is 26.9 Å². The summed E-state index contributed by atoms with van der Waals surface area (Å²) >= 11 is 7.86. The topological polar surface area (TPSA) is 70.4 Å². The summed E-state index contributed by atoms with van der Waals surface area (Å²) in [5, 5.41) is 22.1. The van der Waals surface area contributed by atoms with Gasteiger partial charge in [-0.15, -0.1) is 0 Å². The predicted molar refractivity (Wildman–Crippen MR) is 169 cm³/mol. The van der Waals surface area contributed by atoms with Crippen LogP contribution in [0.3, 0.4) is 0 Å². The van der Waals surface area contributed by atoms with Crippen LogP contribution in [0.15, 0.2) is 78.9 Å². The average Bonchev–Trinajstić information content (AvgIpc) is 2.93. The van der Waals surface area contributed by atoms with Gasteiger partial charge >= 0.3 is 5.97 Å². The number of carboxylic acid groups (broad SMARTS) is 1. The molecule has 0 fully saturated rings. The zero-order valence-corrected chi connectivity index (χ0v) is 24.8. The van der Waals surface area contributed by atoms with Crippen LogP contribution in [0.5, 0.6) is 0 Å². The van der Waals surface area contributed by atoms with E-state index in [1.807, 2.05) is 75.4 Å². The second-order valence-corrected chi connectivity index (χ2v) is 12.3. The average molecular weight is 574 g/mol. The quantitative estimate of drug-likeness (QED) is 0.177. The van der Waals surface area contributed by atoms with Gasteiger partial charge in [-0.05, 0) is 79.6 Å². The van der Waals surface area contributed by atoms with Crippen LogP contribution in [0, 0.1) is 5.92 Å². The molecule has 1 heterocycles. The first-order chi connectivity index (χ1) is 19.1. The molecule has 4 rings (SSSR count). The first-order valence-electron chi connectivity index (χ1n) is 13.6. The Labute approximate surface area is 246 Å². The highest BCUT2D eigenvalue weighted by atomic mass is 35.5. The van der Waals surface area contributed by atoms with Crippen molar-refractivity contribution >= 4 is 52.4 Å². The molecule has 3 aromatic carbocycles. The van der Waals surface area contributed by atoms with Gasteiger partial charge in [0.1, 0.15) is 0 Å². The van der Waals surface area contributed by atoms with E-state index in [1.54, 1.807) is 11.8 Å². The van der Waals surface area contributed by atoms with Gasteiger partial charge in [0.15, 0.2) is 0 Å². The standard InChI is InChI=1S/C34H36ClNO3S/c1-4-24(33(37)38)22-40-32(19-15-25-9-5-6-11-30(25)34(2,3)39)27-10-7-8-23(20-27)12-17-29-18-14-26-13-16-28(35)21-31(26)36-29/h5-14,16-18,20-21,24,32,39H,4,15,19,22H2,1-3H3,(H,37,38)/b17-12+. The minimum atomic E-state index is -0.928. The molecule has 2 unspecified atom stereocenters. The Kier molecular flexibility index (Phi) is 10.1. The largest absolute Gasteiger partial charge is 0.481 e. The molecule has 0 spiro atoms. The van der Waals surface area contributed by atoms with E-state index >= 15 is 0 Å². The molecule has 0 aliphatic heterocycles. The van der Waals surface area contributed by atoms with Gasteiger partial charge in [-0.3, -0.25) is 4.79 Å². The number of nitrogens with zero attached hydrogens (tertiary/aromatic N) is 1. The molecule has 4 nitrogen and oxygen atoms in total. The van der Waals surface area contributed by atoms with Crippen molar-refractivity contribution in [3.05, 3.63) is 112 Å². The summed E-state index contributed by atoms with van der Waals surface area (Å²) in [5.74, 6) is -0.582. The fraction of sp³-hybridized carbons (Fsp3) is 0.294. The third-order valence-electron chi connectivity index (χ3n) is 7.10. The van der Waals surface area contributed by atoms with E-state index in [0.717, 1.165) is 51.7 Å². The molecule has 0 bridgehead atoms. The van der Waals surface area contributed by atoms with Gasteiger partial charge in [0.05, 0.1) is 22.7 Å². The van der Waals surface area contributed by atoms with Crippen LogP contribution < -0.4 is 0 Å². The Hall–Kier alpha value is -3.12. The van der Waals surface area contributed by atoms with Crippen molar-refractivity contribution < 1.29 is 15.0 Å². The Balaban J connectivity index is 1.57. The van der Waals surface area contributed by atoms with E-state index in [4.69, 9.17) is 16.6 Å². The second-order valence-electron chi connectivity index (χ2n) is 10.6. The number of benzene rings is 3. The van der Waals surface area contributed by atoms with Crippen molar-refractivity contribution in [2.75, 3.05) is 5.75 Å². The summed E-state index contributed by atoms with van der Waals surface area (Å²) in [4.78, 5) is 16.4. The maximum atomic E-state index is 11.7. The van der Waals surface area contributed by atoms with Gasteiger partial charge in [-0.2, -0.15) is 11.8 Å². The van der Waals surface area contributed by atoms with Crippen molar-refractivity contribution in [2.24, 2.45) is 5.92 Å². The molecular formula is C34H36ClNO3S. The van der Waals surface area contributed by atoms with Crippen molar-refractivity contribution in [2.45, 2.75) is 50.9 Å². The molecule has 1 aromatic heterocycles. The van der Waals surface area contributed by atoms with Crippen LogP contribution in [0.4, 0.5) is 0 Å². The van der Waals surface area contributed by atoms with Gasteiger partial charge in [-0.1, -0.05) is 85.3 Å². The fourth-order valence-corrected chi connectivity index (χ4v) is 6.44. The van der Waals surface area contributed by atoms with Gasteiger partial charge < -0.3 is 10.2 Å². The summed E-state index contributed by atoms with van der Waals surface area (Å²) in [6.07, 6.45) is 6.26. The monoisotopic (exact) mass is 573 g/mol. The number of fused-ring (bicyclic) bond motifs is 1. The van der Waals surface area contributed by atoms with Gasteiger partial charge in [0, 0.05) is 21.4 Å². The maximum Gasteiger partial charge on any atom is 0.307 e. The summed E-state index contributed by atoms with van der Waals surface area (Å²) < 4.78 is 0. The zero-order valence-electron chi connectivity index (χ0n) is 23.2. The number of aliphatic carboxylic acids is 1. The van der Waals surface area contributed by atoms with Crippen LogP contribution in [-0.2, 0) is 16.8 Å². The van der Waals surface area contributed by atoms with Crippen molar-refractivity contribution in [3.63, 3.8) is 0 Å². The summed E-state index contributed by atoms with van der Waals surface area (Å²) in [6.45, 7) is 5.55. The fourth-order valence-electron chi connectivity index (χ4n) is 4.81. The van der Waals surface area contributed by atoms with Gasteiger partial charge in [0.2, 0.25) is 0 Å². The lowest BCUT2D eigenvalue weighted by atomic mass is 9.90. The van der Waals surface area contributed by atoms with E-state index in [2.05, 4.69) is 36.4 Å². The normalized spacial score (nSPS) is 13.5. The molecule has 4 aromatic rings. The third kappa shape index (κ3) is 7.97. The number of aryl methyl sites for hydroxylation is 1. The first-order valence-corrected chi connectivity index (χ1v) is 15.1. The molecule has 0 amide bonds. The highest BCUT2D eigenvalue weighted by molar-refractivity contribution is 7.99. The van der Waals surface area contributed by atoms with E-state index < -0.39 is 11.6 Å². The Morgan fingerprint density at radius 3 is 2.55 bits per heavy atom. The smallest absolute Gasteiger partial charge is 0.307 e. The van der Waals surface area contributed by atoms with Crippen molar-refractivity contribution in [1.82, 2.24) is 4.98 Å². The zero-order chi connectivity index (χ0) is 28.7. The Morgan fingerprint density at radius 1 is 1.02 bits per heavy atom. The van der Waals surface area contributed by atoms with Crippen molar-refractivity contribution in [3.8, 4) is 0 Å². The number of rotatable bonds is 12. The molecule has 0 radical (unpaired) electrons. The number of hydrogen-bond donors (Lipinski definition) is 2. The molecule has 0 saturated carbocycles. The molecule has 0 aliphatic rings. The lowest BCUT2D eigenvalue weighted by molar-refractivity contribution is -0.140. The van der Waals surface area contributed by atoms with Crippen LogP contribution >= 0.6 is 23.4 Å². The van der Waals surface area contributed by atoms with Crippen LogP contribution in [0.2, 0.25) is 5.02 Å². The van der Waals surface area contributed by atoms with E-state index in [1.165, 1.54) is 0 Å². The molecule has 6 heteroatoms. The number of thioether (sulfide) groups is 1. The van der Waals surface area contributed by atoms with Gasteiger partial charge in [0.25, 0.3) is 0 Å². The Morgan fingerprint density at radius 2 is 1.80 bits per heavy atom. The molecular weight excluding hydrogens is 538 g/mol. The number of aromatic nitrogens is 1. The minimum absolute atomic E-state index is 0.109. The number of carboxylic acids is 1. The van der Waals surface area contributed by atoms with Gasteiger partial charge in [-0.25, -0.2) is 4.98 Å². The SMILES string of the molecule is CCC(CSC(CCc1ccccc1C(C)(C)O)c1cccc(/C=C/c2ccc3ccc(Cl)cc3n2)c1)C(=O)O. The van der Waals surface area contributed by atoms with Crippen LogP contribution in [0.1, 0.15) is 66.8 Å². The number of carbonyl (C=O) groups is 1. The first kappa shape index (κ1) is 29.9. The highest BCUT2D eigenvalue weighted by Crippen LogP contribution is 2.37. The maximum absolute atomic E-state index is 11.7. The number of hydrogen-bond acceptors (Lipinski definition) is 4. The number of aliphatic hydroxyl groups is 1. The third-order valence-corrected chi connectivity index (χ3v) is 8.84. The molecule has 2 atom stereocenters. The van der Waals surface area contributed by atoms with Crippen LogP contribution in [0.25, 0.3) is 23.1 Å². The minimum Gasteiger partial charge on any atom is -0.481 e. The highest BCUT2D eigenvalue weighted by Gasteiger charge is 2.22. The summed E-state index contributed by atoms with van der Waals surface area (Å²) in [7, 11) is 0. The number of pyridine rings is 1. The Bertz CT molecular complexity index is 1490. The number of halogens is 1.